The Kier molecular flexibility index (Phi) is 4.72. The molecule has 0 aliphatic carbocycles. The summed E-state index contributed by atoms with van der Waals surface area (Å²) < 4.78 is 0. The third-order valence-corrected chi connectivity index (χ3v) is 4.62. The Morgan fingerprint density at radius 3 is 2.57 bits per heavy atom. The van der Waals surface area contributed by atoms with Gasteiger partial charge in [-0.25, -0.2) is 0 Å². The Morgan fingerprint density at radius 2 is 1.87 bits per heavy atom. The fourth-order valence-electron chi connectivity index (χ4n) is 3.31. The van der Waals surface area contributed by atoms with Crippen molar-refractivity contribution in [3.8, 4) is 0 Å². The quantitative estimate of drug-likeness (QED) is 0.788. The van der Waals surface area contributed by atoms with E-state index in [-0.39, 0.29) is 11.9 Å². The molecular weight excluding hydrogens is 306 g/mol. The van der Waals surface area contributed by atoms with Crippen molar-refractivity contribution in [2.45, 2.75) is 32.7 Å². The smallest absolute Gasteiger partial charge is 0.223 e. The number of fused-ring (bicyclic) bond motifs is 1. The monoisotopic (exact) mass is 327 g/mol. The average molecular weight is 328 g/mol. The minimum absolute atomic E-state index is 0.0107. The van der Waals surface area contributed by atoms with E-state index < -0.39 is 0 Å². The molecule has 0 saturated heterocycles. The Labute approximate surface area is 143 Å². The standard InChI is InChI=1S/C20H22ClNO/c1-14(2)13-19(23)22-12-11-15-5-3-4-6-18(15)20(22)16-7-9-17(21)10-8-16/h3-10,14,20H,11-13H2,1-2H3. The van der Waals surface area contributed by atoms with Gasteiger partial charge in [-0.3, -0.25) is 4.79 Å². The lowest BCUT2D eigenvalue weighted by Crippen LogP contribution is -2.41. The van der Waals surface area contributed by atoms with Gasteiger partial charge in [0.05, 0.1) is 6.04 Å². The van der Waals surface area contributed by atoms with Crippen LogP contribution in [-0.4, -0.2) is 17.4 Å². The van der Waals surface area contributed by atoms with Gasteiger partial charge in [-0.2, -0.15) is 0 Å². The van der Waals surface area contributed by atoms with Crippen molar-refractivity contribution in [2.24, 2.45) is 5.92 Å². The van der Waals surface area contributed by atoms with Crippen LogP contribution in [0.1, 0.15) is 43.0 Å². The third kappa shape index (κ3) is 3.42. The zero-order valence-corrected chi connectivity index (χ0v) is 14.4. The van der Waals surface area contributed by atoms with E-state index in [1.807, 2.05) is 29.2 Å². The van der Waals surface area contributed by atoms with Crippen LogP contribution in [-0.2, 0) is 11.2 Å². The van der Waals surface area contributed by atoms with Crippen molar-refractivity contribution in [3.05, 3.63) is 70.2 Å². The highest BCUT2D eigenvalue weighted by atomic mass is 35.5. The zero-order chi connectivity index (χ0) is 16.4. The molecule has 120 valence electrons. The van der Waals surface area contributed by atoms with E-state index in [9.17, 15) is 4.79 Å². The lowest BCUT2D eigenvalue weighted by Gasteiger charge is -2.38. The number of carbonyl (C=O) groups excluding carboxylic acids is 1. The number of carbonyl (C=O) groups is 1. The zero-order valence-electron chi connectivity index (χ0n) is 13.6. The molecule has 0 fully saturated rings. The molecule has 0 spiro atoms. The maximum atomic E-state index is 12.8. The average Bonchev–Trinajstić information content (AvgIpc) is 2.54. The second kappa shape index (κ2) is 6.76. The summed E-state index contributed by atoms with van der Waals surface area (Å²) in [5.74, 6) is 0.597. The number of amides is 1. The Balaban J connectivity index is 2.03. The molecule has 2 aromatic rings. The summed E-state index contributed by atoms with van der Waals surface area (Å²) in [6.07, 6.45) is 1.51. The maximum absolute atomic E-state index is 12.8. The summed E-state index contributed by atoms with van der Waals surface area (Å²) in [4.78, 5) is 14.8. The largest absolute Gasteiger partial charge is 0.331 e. The van der Waals surface area contributed by atoms with Gasteiger partial charge >= 0.3 is 0 Å². The second-order valence-electron chi connectivity index (χ2n) is 6.59. The number of hydrogen-bond acceptors (Lipinski definition) is 1. The fraction of sp³-hybridized carbons (Fsp3) is 0.350. The first-order chi connectivity index (χ1) is 11.1. The second-order valence-corrected chi connectivity index (χ2v) is 7.02. The highest BCUT2D eigenvalue weighted by Gasteiger charge is 2.31. The fourth-order valence-corrected chi connectivity index (χ4v) is 3.43. The molecule has 0 N–H and O–H groups in total. The van der Waals surface area contributed by atoms with E-state index in [0.29, 0.717) is 12.3 Å². The summed E-state index contributed by atoms with van der Waals surface area (Å²) in [6, 6.07) is 16.3. The van der Waals surface area contributed by atoms with E-state index in [2.05, 4.69) is 38.1 Å². The molecule has 2 nitrogen and oxygen atoms in total. The van der Waals surface area contributed by atoms with Gasteiger partial charge in [-0.05, 0) is 41.2 Å². The molecular formula is C20H22ClNO. The molecule has 0 radical (unpaired) electrons. The molecule has 1 atom stereocenters. The van der Waals surface area contributed by atoms with Crippen LogP contribution in [0.4, 0.5) is 0 Å². The molecule has 0 bridgehead atoms. The normalized spacial score (nSPS) is 17.2. The molecule has 23 heavy (non-hydrogen) atoms. The summed E-state index contributed by atoms with van der Waals surface area (Å²) in [5.41, 5.74) is 3.69. The van der Waals surface area contributed by atoms with Crippen LogP contribution in [0.2, 0.25) is 5.02 Å². The number of rotatable bonds is 3. The SMILES string of the molecule is CC(C)CC(=O)N1CCc2ccccc2C1c1ccc(Cl)cc1. The first kappa shape index (κ1) is 16.1. The first-order valence-electron chi connectivity index (χ1n) is 8.19. The van der Waals surface area contributed by atoms with Gasteiger partial charge in [-0.1, -0.05) is 61.8 Å². The van der Waals surface area contributed by atoms with Gasteiger partial charge in [0.1, 0.15) is 0 Å². The van der Waals surface area contributed by atoms with Crippen molar-refractivity contribution < 1.29 is 4.79 Å². The van der Waals surface area contributed by atoms with E-state index in [1.165, 1.54) is 11.1 Å². The van der Waals surface area contributed by atoms with Crippen LogP contribution >= 0.6 is 11.6 Å². The van der Waals surface area contributed by atoms with Crippen molar-refractivity contribution in [3.63, 3.8) is 0 Å². The summed E-state index contributed by atoms with van der Waals surface area (Å²) in [6.45, 7) is 4.95. The topological polar surface area (TPSA) is 20.3 Å². The molecule has 0 aromatic heterocycles. The predicted octanol–water partition coefficient (Wildman–Crippen LogP) is 4.86. The molecule has 3 rings (SSSR count). The van der Waals surface area contributed by atoms with Gasteiger partial charge in [0.15, 0.2) is 0 Å². The third-order valence-electron chi connectivity index (χ3n) is 4.37. The van der Waals surface area contributed by atoms with Gasteiger partial charge in [0.2, 0.25) is 5.91 Å². The van der Waals surface area contributed by atoms with Crippen molar-refractivity contribution in [1.82, 2.24) is 4.90 Å². The molecule has 1 aliphatic heterocycles. The highest BCUT2D eigenvalue weighted by Crippen LogP contribution is 2.36. The maximum Gasteiger partial charge on any atom is 0.223 e. The van der Waals surface area contributed by atoms with Crippen molar-refractivity contribution >= 4 is 17.5 Å². The number of benzene rings is 2. The Morgan fingerprint density at radius 1 is 1.17 bits per heavy atom. The number of halogens is 1. The summed E-state index contributed by atoms with van der Waals surface area (Å²) in [5, 5.41) is 0.720. The van der Waals surface area contributed by atoms with Gasteiger partial charge in [0.25, 0.3) is 0 Å². The van der Waals surface area contributed by atoms with E-state index in [4.69, 9.17) is 11.6 Å². The van der Waals surface area contributed by atoms with Crippen LogP contribution < -0.4 is 0 Å². The van der Waals surface area contributed by atoms with Crippen LogP contribution in [0.3, 0.4) is 0 Å². The lowest BCUT2D eigenvalue weighted by molar-refractivity contribution is -0.134. The van der Waals surface area contributed by atoms with E-state index in [0.717, 1.165) is 23.6 Å². The van der Waals surface area contributed by atoms with Crippen LogP contribution in [0.25, 0.3) is 0 Å². The minimum atomic E-state index is -0.0107. The van der Waals surface area contributed by atoms with Crippen LogP contribution in [0.5, 0.6) is 0 Å². The first-order valence-corrected chi connectivity index (χ1v) is 8.57. The molecule has 1 aliphatic rings. The molecule has 1 unspecified atom stereocenters. The summed E-state index contributed by atoms with van der Waals surface area (Å²) >= 11 is 6.04. The minimum Gasteiger partial charge on any atom is -0.331 e. The Hall–Kier alpha value is -1.80. The molecule has 2 aromatic carbocycles. The van der Waals surface area contributed by atoms with E-state index in [1.54, 1.807) is 0 Å². The molecule has 1 amide bonds. The summed E-state index contributed by atoms with van der Waals surface area (Å²) in [7, 11) is 0. The number of hydrogen-bond donors (Lipinski definition) is 0. The van der Waals surface area contributed by atoms with Crippen LogP contribution in [0, 0.1) is 5.92 Å². The highest BCUT2D eigenvalue weighted by molar-refractivity contribution is 6.30. The van der Waals surface area contributed by atoms with E-state index >= 15 is 0 Å². The van der Waals surface area contributed by atoms with Crippen LogP contribution in [0.15, 0.2) is 48.5 Å². The molecule has 3 heteroatoms. The molecule has 1 heterocycles. The lowest BCUT2D eigenvalue weighted by atomic mass is 9.87. The van der Waals surface area contributed by atoms with Crippen molar-refractivity contribution in [2.75, 3.05) is 6.54 Å². The Bertz CT molecular complexity index is 693. The number of nitrogens with zero attached hydrogens (tertiary/aromatic N) is 1. The van der Waals surface area contributed by atoms with Crippen molar-refractivity contribution in [1.29, 1.82) is 0 Å². The predicted molar refractivity (Wildman–Crippen MR) is 94.6 cm³/mol. The molecule has 0 saturated carbocycles. The van der Waals surface area contributed by atoms with Gasteiger partial charge in [0, 0.05) is 18.0 Å². The van der Waals surface area contributed by atoms with Gasteiger partial charge < -0.3 is 4.90 Å². The van der Waals surface area contributed by atoms with Gasteiger partial charge in [-0.15, -0.1) is 0 Å².